The Kier molecular flexibility index (Phi) is 21.9. The van der Waals surface area contributed by atoms with Gasteiger partial charge >= 0.3 is 5.97 Å². The lowest BCUT2D eigenvalue weighted by molar-refractivity contribution is -0.145. The number of unbranched alkanes of at least 4 members (excludes halogenated alkanes) is 14. The van der Waals surface area contributed by atoms with Gasteiger partial charge in [-0.3, -0.25) is 4.79 Å². The topological polar surface area (TPSA) is 26.3 Å². The molecule has 0 heterocycles. The standard InChI is InChI=1S/C36H72O2/c1-10-11-12-13-14-15-16-17-18-19-20-21-22-23-24-25-34(37)38-30-33(32(3)29-36(7,8)9)27-26-31(2)28-35(4,5)6/h31-33H,10-30H2,1-9H3. The van der Waals surface area contributed by atoms with Crippen molar-refractivity contribution in [1.29, 1.82) is 0 Å². The third-order valence-electron chi connectivity index (χ3n) is 8.17. The summed E-state index contributed by atoms with van der Waals surface area (Å²) < 4.78 is 5.85. The van der Waals surface area contributed by atoms with Crippen LogP contribution in [0.1, 0.15) is 191 Å². The van der Waals surface area contributed by atoms with Gasteiger partial charge in [0, 0.05) is 6.42 Å². The molecule has 0 saturated carbocycles. The Morgan fingerprint density at radius 3 is 1.45 bits per heavy atom. The van der Waals surface area contributed by atoms with Crippen molar-refractivity contribution in [2.45, 2.75) is 191 Å². The van der Waals surface area contributed by atoms with E-state index in [1.165, 1.54) is 116 Å². The minimum absolute atomic E-state index is 0.0235. The fourth-order valence-electron chi connectivity index (χ4n) is 6.22. The van der Waals surface area contributed by atoms with Crippen LogP contribution in [0.15, 0.2) is 0 Å². The van der Waals surface area contributed by atoms with Crippen LogP contribution in [0.5, 0.6) is 0 Å². The molecule has 2 heteroatoms. The molecule has 0 aliphatic heterocycles. The van der Waals surface area contributed by atoms with Crippen LogP contribution in [-0.4, -0.2) is 12.6 Å². The highest BCUT2D eigenvalue weighted by atomic mass is 16.5. The molecule has 0 rings (SSSR count). The maximum Gasteiger partial charge on any atom is 0.305 e. The highest BCUT2D eigenvalue weighted by Crippen LogP contribution is 2.34. The van der Waals surface area contributed by atoms with Gasteiger partial charge in [-0.2, -0.15) is 0 Å². The Morgan fingerprint density at radius 1 is 0.605 bits per heavy atom. The zero-order chi connectivity index (χ0) is 28.9. The molecule has 0 aromatic heterocycles. The third kappa shape index (κ3) is 25.7. The highest BCUT2D eigenvalue weighted by Gasteiger charge is 2.25. The SMILES string of the molecule is CCCCCCCCCCCCCCCCCC(=O)OCC(CCC(C)CC(C)(C)C)C(C)CC(C)(C)C. The van der Waals surface area contributed by atoms with Crippen molar-refractivity contribution in [2.75, 3.05) is 6.61 Å². The third-order valence-corrected chi connectivity index (χ3v) is 8.17. The number of rotatable bonds is 24. The van der Waals surface area contributed by atoms with Crippen LogP contribution in [0, 0.1) is 28.6 Å². The van der Waals surface area contributed by atoms with Crippen molar-refractivity contribution in [3.8, 4) is 0 Å². The molecule has 0 bridgehead atoms. The molecular formula is C36H72O2. The molecule has 0 amide bonds. The summed E-state index contributed by atoms with van der Waals surface area (Å²) in [4.78, 5) is 12.5. The molecule has 0 fully saturated rings. The number of hydrogen-bond acceptors (Lipinski definition) is 2. The lowest BCUT2D eigenvalue weighted by Crippen LogP contribution is -2.25. The first-order chi connectivity index (χ1) is 17.8. The first-order valence-electron chi connectivity index (χ1n) is 17.0. The second kappa shape index (κ2) is 22.2. The van der Waals surface area contributed by atoms with E-state index in [1.807, 2.05) is 0 Å². The summed E-state index contributed by atoms with van der Waals surface area (Å²) >= 11 is 0. The molecule has 0 aromatic carbocycles. The van der Waals surface area contributed by atoms with E-state index in [0.717, 1.165) is 12.3 Å². The normalized spacial score (nSPS) is 14.9. The average molecular weight is 537 g/mol. The lowest BCUT2D eigenvalue weighted by Gasteiger charge is -2.31. The first kappa shape index (κ1) is 37.5. The van der Waals surface area contributed by atoms with Gasteiger partial charge in [-0.1, -0.05) is 159 Å². The largest absolute Gasteiger partial charge is 0.465 e. The molecule has 0 aliphatic carbocycles. The molecular weight excluding hydrogens is 464 g/mol. The van der Waals surface area contributed by atoms with Gasteiger partial charge in [-0.15, -0.1) is 0 Å². The molecule has 2 nitrogen and oxygen atoms in total. The fourth-order valence-corrected chi connectivity index (χ4v) is 6.22. The molecule has 38 heavy (non-hydrogen) atoms. The number of carbonyl (C=O) groups is 1. The summed E-state index contributed by atoms with van der Waals surface area (Å²) in [6.45, 7) is 21.6. The summed E-state index contributed by atoms with van der Waals surface area (Å²) in [6.07, 6.45) is 25.7. The van der Waals surface area contributed by atoms with Crippen LogP contribution < -0.4 is 0 Å². The van der Waals surface area contributed by atoms with Gasteiger partial charge in [0.05, 0.1) is 6.61 Å². The van der Waals surface area contributed by atoms with Crippen LogP contribution >= 0.6 is 0 Å². The molecule has 0 radical (unpaired) electrons. The summed E-state index contributed by atoms with van der Waals surface area (Å²) in [5, 5.41) is 0. The predicted octanol–water partition coefficient (Wildman–Crippen LogP) is 12.3. The molecule has 228 valence electrons. The maximum atomic E-state index is 12.5. The van der Waals surface area contributed by atoms with E-state index in [9.17, 15) is 4.79 Å². The van der Waals surface area contributed by atoms with Gasteiger partial charge in [-0.05, 0) is 54.3 Å². The summed E-state index contributed by atoms with van der Waals surface area (Å²) in [5.74, 6) is 1.79. The minimum Gasteiger partial charge on any atom is -0.465 e. The smallest absolute Gasteiger partial charge is 0.305 e. The van der Waals surface area contributed by atoms with E-state index in [0.29, 0.717) is 35.7 Å². The molecule has 0 N–H and O–H groups in total. The van der Waals surface area contributed by atoms with Crippen molar-refractivity contribution in [1.82, 2.24) is 0 Å². The maximum absolute atomic E-state index is 12.5. The molecule has 3 atom stereocenters. The molecule has 0 saturated heterocycles. The quantitative estimate of drug-likeness (QED) is 0.0905. The van der Waals surface area contributed by atoms with Crippen LogP contribution in [0.25, 0.3) is 0 Å². The zero-order valence-electron chi connectivity index (χ0n) is 27.9. The number of ether oxygens (including phenoxy) is 1. The van der Waals surface area contributed by atoms with E-state index < -0.39 is 0 Å². The second-order valence-electron chi connectivity index (χ2n) is 15.3. The number of esters is 1. The van der Waals surface area contributed by atoms with Gasteiger partial charge in [0.15, 0.2) is 0 Å². The van der Waals surface area contributed by atoms with Gasteiger partial charge in [0.2, 0.25) is 0 Å². The Labute approximate surface area is 241 Å². The van der Waals surface area contributed by atoms with Crippen LogP contribution in [-0.2, 0) is 9.53 Å². The van der Waals surface area contributed by atoms with E-state index in [4.69, 9.17) is 4.74 Å². The summed E-state index contributed by atoms with van der Waals surface area (Å²) in [5.41, 5.74) is 0.693. The van der Waals surface area contributed by atoms with Gasteiger partial charge < -0.3 is 4.74 Å². The molecule has 0 spiro atoms. The molecule has 0 aromatic rings. The van der Waals surface area contributed by atoms with Gasteiger partial charge in [0.25, 0.3) is 0 Å². The van der Waals surface area contributed by atoms with Gasteiger partial charge in [0.1, 0.15) is 0 Å². The molecule has 0 aliphatic rings. The fraction of sp³-hybridized carbons (Fsp3) is 0.972. The van der Waals surface area contributed by atoms with Crippen LogP contribution in [0.4, 0.5) is 0 Å². The van der Waals surface area contributed by atoms with Crippen molar-refractivity contribution in [3.05, 3.63) is 0 Å². The minimum atomic E-state index is 0.0235. The van der Waals surface area contributed by atoms with Gasteiger partial charge in [-0.25, -0.2) is 0 Å². The summed E-state index contributed by atoms with van der Waals surface area (Å²) in [7, 11) is 0. The average Bonchev–Trinajstić information content (AvgIpc) is 2.79. The highest BCUT2D eigenvalue weighted by molar-refractivity contribution is 5.69. The summed E-state index contributed by atoms with van der Waals surface area (Å²) in [6, 6.07) is 0. The zero-order valence-corrected chi connectivity index (χ0v) is 27.9. The Morgan fingerprint density at radius 2 is 1.03 bits per heavy atom. The van der Waals surface area contributed by atoms with Crippen molar-refractivity contribution >= 4 is 5.97 Å². The van der Waals surface area contributed by atoms with Crippen LogP contribution in [0.3, 0.4) is 0 Å². The Bertz CT molecular complexity index is 539. The van der Waals surface area contributed by atoms with E-state index in [2.05, 4.69) is 62.3 Å². The number of hydrogen-bond donors (Lipinski definition) is 0. The predicted molar refractivity (Wildman–Crippen MR) is 170 cm³/mol. The van der Waals surface area contributed by atoms with Crippen molar-refractivity contribution < 1.29 is 9.53 Å². The Balaban J connectivity index is 4.01. The second-order valence-corrected chi connectivity index (χ2v) is 15.3. The van der Waals surface area contributed by atoms with Crippen molar-refractivity contribution in [3.63, 3.8) is 0 Å². The van der Waals surface area contributed by atoms with Crippen molar-refractivity contribution in [2.24, 2.45) is 28.6 Å². The molecule has 3 unspecified atom stereocenters. The van der Waals surface area contributed by atoms with Crippen LogP contribution in [0.2, 0.25) is 0 Å². The monoisotopic (exact) mass is 537 g/mol. The van der Waals surface area contributed by atoms with E-state index in [-0.39, 0.29) is 5.97 Å². The lowest BCUT2D eigenvalue weighted by atomic mass is 9.76. The number of carbonyl (C=O) groups excluding carboxylic acids is 1. The van der Waals surface area contributed by atoms with E-state index >= 15 is 0 Å². The Hall–Kier alpha value is -0.530. The first-order valence-corrected chi connectivity index (χ1v) is 17.0. The van der Waals surface area contributed by atoms with E-state index in [1.54, 1.807) is 0 Å².